The number of aromatic nitrogens is 1. The molecule has 0 spiro atoms. The lowest BCUT2D eigenvalue weighted by Crippen LogP contribution is -2.40. The molecule has 0 aliphatic carbocycles. The topological polar surface area (TPSA) is 54.5 Å². The third-order valence-corrected chi connectivity index (χ3v) is 3.40. The van der Waals surface area contributed by atoms with Gasteiger partial charge in [-0.05, 0) is 49.2 Å². The molecule has 6 heteroatoms. The molecule has 5 nitrogen and oxygen atoms in total. The summed E-state index contributed by atoms with van der Waals surface area (Å²) in [6.07, 6.45) is 4.15. The van der Waals surface area contributed by atoms with Gasteiger partial charge in [0.2, 0.25) is 0 Å². The number of nitrogens with one attached hydrogen (secondary N) is 1. The summed E-state index contributed by atoms with van der Waals surface area (Å²) in [5.74, 6) is 0. The summed E-state index contributed by atoms with van der Waals surface area (Å²) >= 11 is 3.42. The Morgan fingerprint density at radius 2 is 2.25 bits per heavy atom. The van der Waals surface area contributed by atoms with Crippen LogP contribution in [0.4, 0.5) is 10.5 Å². The lowest BCUT2D eigenvalue weighted by molar-refractivity contribution is 0.0509. The molecule has 0 aromatic carbocycles. The molecule has 0 saturated carbocycles. The number of pyridine rings is 1. The normalized spacial score (nSPS) is 19.0. The minimum Gasteiger partial charge on any atom is -0.444 e. The van der Waals surface area contributed by atoms with Gasteiger partial charge in [0.15, 0.2) is 0 Å². The zero-order valence-electron chi connectivity index (χ0n) is 12.0. The van der Waals surface area contributed by atoms with Gasteiger partial charge in [-0.1, -0.05) is 0 Å². The number of alkyl carbamates (subject to hydrolysis) is 1. The van der Waals surface area contributed by atoms with Crippen LogP contribution in [0.1, 0.15) is 27.2 Å². The van der Waals surface area contributed by atoms with Crippen LogP contribution in [0.5, 0.6) is 0 Å². The molecule has 1 fully saturated rings. The van der Waals surface area contributed by atoms with Gasteiger partial charge in [0.05, 0.1) is 17.9 Å². The fourth-order valence-corrected chi connectivity index (χ4v) is 2.51. The first-order valence-electron chi connectivity index (χ1n) is 6.68. The van der Waals surface area contributed by atoms with Gasteiger partial charge >= 0.3 is 6.09 Å². The van der Waals surface area contributed by atoms with Gasteiger partial charge in [-0.15, -0.1) is 0 Å². The quantitative estimate of drug-likeness (QED) is 0.898. The molecule has 1 aliphatic rings. The summed E-state index contributed by atoms with van der Waals surface area (Å²) in [5.41, 5.74) is 0.601. The Hall–Kier alpha value is -1.30. The molecule has 0 bridgehead atoms. The van der Waals surface area contributed by atoms with Crippen molar-refractivity contribution in [1.29, 1.82) is 0 Å². The molecular weight excluding hydrogens is 322 g/mol. The maximum atomic E-state index is 11.7. The van der Waals surface area contributed by atoms with E-state index in [1.54, 1.807) is 6.20 Å². The van der Waals surface area contributed by atoms with Crippen molar-refractivity contribution < 1.29 is 9.53 Å². The molecule has 0 radical (unpaired) electrons. The van der Waals surface area contributed by atoms with Crippen molar-refractivity contribution in [2.45, 2.75) is 38.8 Å². The highest BCUT2D eigenvalue weighted by atomic mass is 79.9. The third kappa shape index (κ3) is 4.37. The lowest BCUT2D eigenvalue weighted by atomic mass is 10.2. The highest BCUT2D eigenvalue weighted by molar-refractivity contribution is 9.10. The second kappa shape index (κ2) is 5.99. The van der Waals surface area contributed by atoms with E-state index >= 15 is 0 Å². The predicted octanol–water partition coefficient (Wildman–Crippen LogP) is 2.95. The molecule has 0 unspecified atom stereocenters. The van der Waals surface area contributed by atoms with Gasteiger partial charge in [-0.3, -0.25) is 4.98 Å². The standard InChI is InChI=1S/C14H20BrN3O2/c1-14(2,3)20-13(19)17-11-4-5-18(9-11)12-6-10(15)7-16-8-12/h6-8,11H,4-5,9H2,1-3H3,(H,17,19)/t11-/m0/s1. The highest BCUT2D eigenvalue weighted by Crippen LogP contribution is 2.22. The van der Waals surface area contributed by atoms with Gasteiger partial charge < -0.3 is 15.0 Å². The summed E-state index contributed by atoms with van der Waals surface area (Å²) in [5, 5.41) is 2.91. The Kier molecular flexibility index (Phi) is 4.52. The first-order valence-corrected chi connectivity index (χ1v) is 7.48. The average Bonchev–Trinajstić information content (AvgIpc) is 2.74. The average molecular weight is 342 g/mol. The van der Waals surface area contributed by atoms with Crippen LogP contribution in [0, 0.1) is 0 Å². The molecule has 1 amide bonds. The number of amides is 1. The van der Waals surface area contributed by atoms with E-state index in [1.165, 1.54) is 0 Å². The molecule has 20 heavy (non-hydrogen) atoms. The number of nitrogens with zero attached hydrogens (tertiary/aromatic N) is 2. The second-order valence-electron chi connectivity index (χ2n) is 5.94. The van der Waals surface area contributed by atoms with Crippen molar-refractivity contribution in [2.24, 2.45) is 0 Å². The lowest BCUT2D eigenvalue weighted by Gasteiger charge is -2.22. The van der Waals surface area contributed by atoms with Crippen LogP contribution >= 0.6 is 15.9 Å². The van der Waals surface area contributed by atoms with Crippen molar-refractivity contribution >= 4 is 27.7 Å². The molecule has 2 rings (SSSR count). The second-order valence-corrected chi connectivity index (χ2v) is 6.85. The Morgan fingerprint density at radius 3 is 2.90 bits per heavy atom. The number of rotatable bonds is 2. The van der Waals surface area contributed by atoms with E-state index in [9.17, 15) is 4.79 Å². The van der Waals surface area contributed by atoms with Crippen molar-refractivity contribution in [3.63, 3.8) is 0 Å². The number of anilines is 1. The summed E-state index contributed by atoms with van der Waals surface area (Å²) in [7, 11) is 0. The van der Waals surface area contributed by atoms with E-state index in [-0.39, 0.29) is 12.1 Å². The maximum absolute atomic E-state index is 11.7. The van der Waals surface area contributed by atoms with Gasteiger partial charge in [0.1, 0.15) is 5.60 Å². The van der Waals surface area contributed by atoms with Crippen LogP contribution in [0.2, 0.25) is 0 Å². The van der Waals surface area contributed by atoms with Gasteiger partial charge in [0.25, 0.3) is 0 Å². The van der Waals surface area contributed by atoms with Crippen LogP contribution in [0.25, 0.3) is 0 Å². The molecule has 1 N–H and O–H groups in total. The summed E-state index contributed by atoms with van der Waals surface area (Å²) in [4.78, 5) is 18.1. The number of hydrogen-bond acceptors (Lipinski definition) is 4. The van der Waals surface area contributed by atoms with Crippen molar-refractivity contribution in [2.75, 3.05) is 18.0 Å². The largest absolute Gasteiger partial charge is 0.444 e. The highest BCUT2D eigenvalue weighted by Gasteiger charge is 2.26. The summed E-state index contributed by atoms with van der Waals surface area (Å²) in [6.45, 7) is 7.26. The van der Waals surface area contributed by atoms with E-state index in [4.69, 9.17) is 4.74 Å². The zero-order chi connectivity index (χ0) is 14.8. The van der Waals surface area contributed by atoms with Gasteiger partial charge in [-0.25, -0.2) is 4.79 Å². The number of carbonyl (C=O) groups is 1. The van der Waals surface area contributed by atoms with Crippen LogP contribution < -0.4 is 10.2 Å². The minimum atomic E-state index is -0.462. The van der Waals surface area contributed by atoms with E-state index in [0.717, 1.165) is 29.7 Å². The molecule has 1 saturated heterocycles. The molecule has 1 atom stereocenters. The van der Waals surface area contributed by atoms with Gasteiger partial charge in [0, 0.05) is 23.8 Å². The van der Waals surface area contributed by atoms with E-state index in [2.05, 4.69) is 31.1 Å². The zero-order valence-corrected chi connectivity index (χ0v) is 13.6. The Morgan fingerprint density at radius 1 is 1.50 bits per heavy atom. The van der Waals surface area contributed by atoms with Crippen LogP contribution in [-0.4, -0.2) is 35.8 Å². The maximum Gasteiger partial charge on any atom is 0.407 e. The smallest absolute Gasteiger partial charge is 0.407 e. The van der Waals surface area contributed by atoms with E-state index in [1.807, 2.05) is 33.0 Å². The first-order chi connectivity index (χ1) is 9.33. The molecule has 1 aliphatic heterocycles. The number of ether oxygens (including phenoxy) is 1. The molecular formula is C14H20BrN3O2. The van der Waals surface area contributed by atoms with E-state index < -0.39 is 5.60 Å². The van der Waals surface area contributed by atoms with Crippen LogP contribution in [0.15, 0.2) is 22.9 Å². The number of carbonyl (C=O) groups excluding carboxylic acids is 1. The molecule has 1 aromatic rings. The Bertz CT molecular complexity index is 488. The summed E-state index contributed by atoms with van der Waals surface area (Å²) < 4.78 is 6.23. The predicted molar refractivity (Wildman–Crippen MR) is 81.9 cm³/mol. The molecule has 2 heterocycles. The third-order valence-electron chi connectivity index (χ3n) is 2.96. The Balaban J connectivity index is 1.88. The minimum absolute atomic E-state index is 0.115. The fraction of sp³-hybridized carbons (Fsp3) is 0.571. The Labute approximate surface area is 127 Å². The van der Waals surface area contributed by atoms with Crippen molar-refractivity contribution in [1.82, 2.24) is 10.3 Å². The number of halogens is 1. The monoisotopic (exact) mass is 341 g/mol. The van der Waals surface area contributed by atoms with Crippen molar-refractivity contribution in [3.8, 4) is 0 Å². The SMILES string of the molecule is CC(C)(C)OC(=O)N[C@H]1CCN(c2cncc(Br)c2)C1. The van der Waals surface area contributed by atoms with Crippen molar-refractivity contribution in [3.05, 3.63) is 22.9 Å². The summed E-state index contributed by atoms with van der Waals surface area (Å²) in [6, 6.07) is 2.15. The van der Waals surface area contributed by atoms with Gasteiger partial charge in [-0.2, -0.15) is 0 Å². The molecule has 1 aromatic heterocycles. The first kappa shape index (κ1) is 15.1. The number of hydrogen-bond donors (Lipinski definition) is 1. The van der Waals surface area contributed by atoms with Crippen LogP contribution in [-0.2, 0) is 4.74 Å². The molecule has 110 valence electrons. The van der Waals surface area contributed by atoms with E-state index in [0.29, 0.717) is 0 Å². The fourth-order valence-electron chi connectivity index (χ4n) is 2.16. The van der Waals surface area contributed by atoms with Crippen LogP contribution in [0.3, 0.4) is 0 Å².